The summed E-state index contributed by atoms with van der Waals surface area (Å²) in [6.45, 7) is -0.0363. The second-order valence-electron chi connectivity index (χ2n) is 4.50. The summed E-state index contributed by atoms with van der Waals surface area (Å²) in [5.74, 6) is -2.02. The fourth-order valence-electron chi connectivity index (χ4n) is 2.34. The molecule has 1 aromatic heterocycles. The van der Waals surface area contributed by atoms with E-state index in [0.717, 1.165) is 4.90 Å². The number of carbonyl (C=O) groups is 2. The monoisotopic (exact) mass is 406 g/mol. The van der Waals surface area contributed by atoms with Crippen molar-refractivity contribution in [3.63, 3.8) is 0 Å². The third kappa shape index (κ3) is 2.27. The van der Waals surface area contributed by atoms with Crippen LogP contribution in [0.5, 0.6) is 0 Å². The standard InChI is InChI=1S/C13H11F2IN3O2/c1-16-19-5-2-7-9(19)6-8(14)12(11(7)15)18-4-3-10(20)17-13(18)21/h2,5-6H,3-4H2,1H3,(H,17,20,21)/q-1. The zero-order valence-corrected chi connectivity index (χ0v) is 13.1. The number of anilines is 1. The van der Waals surface area contributed by atoms with Crippen molar-refractivity contribution in [2.24, 2.45) is 0 Å². The van der Waals surface area contributed by atoms with Crippen LogP contribution >= 0.6 is 0 Å². The number of nitrogens with one attached hydrogen (secondary N) is 1. The number of alkyl halides is 1. The first kappa shape index (κ1) is 14.2. The van der Waals surface area contributed by atoms with Gasteiger partial charge in [-0.3, -0.25) is 0 Å². The van der Waals surface area contributed by atoms with Crippen molar-refractivity contribution < 1.29 is 39.8 Å². The number of rotatable bonds is 2. The van der Waals surface area contributed by atoms with Gasteiger partial charge in [0.2, 0.25) is 0 Å². The number of imide groups is 1. The maximum absolute atomic E-state index is 14.6. The molecule has 0 aliphatic carbocycles. The summed E-state index contributed by atoms with van der Waals surface area (Å²) in [4.78, 5) is 25.8. The Morgan fingerprint density at radius 1 is 1.33 bits per heavy atom. The Bertz CT molecular complexity index is 759. The SMILES string of the molecule is C[I-]n1ccc2c(F)c(N3CCC(=O)NC3=O)c(F)cc21. The molecule has 1 fully saturated rings. The van der Waals surface area contributed by atoms with Gasteiger partial charge >= 0.3 is 129 Å². The second kappa shape index (κ2) is 5.24. The van der Waals surface area contributed by atoms with Crippen molar-refractivity contribution in [2.45, 2.75) is 6.42 Å². The molecule has 1 aliphatic heterocycles. The second-order valence-corrected chi connectivity index (χ2v) is 6.51. The Labute approximate surface area is 129 Å². The molecule has 1 N–H and O–H groups in total. The molecule has 3 amide bonds. The summed E-state index contributed by atoms with van der Waals surface area (Å²) in [5.41, 5.74) is 0.0806. The van der Waals surface area contributed by atoms with E-state index in [0.29, 0.717) is 5.52 Å². The summed E-state index contributed by atoms with van der Waals surface area (Å²) >= 11 is -0.375. The predicted molar refractivity (Wildman–Crippen MR) is 68.7 cm³/mol. The maximum atomic E-state index is 14.6. The van der Waals surface area contributed by atoms with Gasteiger partial charge in [0.15, 0.2) is 0 Å². The number of hydrogen-bond acceptors (Lipinski definition) is 2. The average Bonchev–Trinajstić information content (AvgIpc) is 2.84. The molecule has 0 radical (unpaired) electrons. The Morgan fingerprint density at radius 2 is 2.10 bits per heavy atom. The van der Waals surface area contributed by atoms with Crippen LogP contribution < -0.4 is 31.7 Å². The number of carbonyl (C=O) groups excluding carboxylic acids is 2. The van der Waals surface area contributed by atoms with Crippen molar-refractivity contribution in [3.05, 3.63) is 30.0 Å². The van der Waals surface area contributed by atoms with Crippen molar-refractivity contribution in [3.8, 4) is 0 Å². The third-order valence-corrected chi connectivity index (χ3v) is 5.20. The van der Waals surface area contributed by atoms with Crippen molar-refractivity contribution in [1.82, 2.24) is 8.10 Å². The zero-order chi connectivity index (χ0) is 15.1. The van der Waals surface area contributed by atoms with E-state index in [1.807, 2.05) is 7.71 Å². The van der Waals surface area contributed by atoms with E-state index < -0.39 is 29.3 Å². The Balaban J connectivity index is 2.15. The number of nitrogens with zero attached hydrogens (tertiary/aromatic N) is 2. The summed E-state index contributed by atoms with van der Waals surface area (Å²) in [7, 11) is 0. The minimum atomic E-state index is -0.804. The Hall–Kier alpha value is -1.71. The minimum absolute atomic E-state index is 0.0180. The fourth-order valence-corrected chi connectivity index (χ4v) is 3.74. The van der Waals surface area contributed by atoms with Crippen molar-refractivity contribution in [1.29, 1.82) is 0 Å². The Morgan fingerprint density at radius 3 is 2.76 bits per heavy atom. The summed E-state index contributed by atoms with van der Waals surface area (Å²) in [6.07, 6.45) is 1.73. The van der Waals surface area contributed by atoms with Crippen molar-refractivity contribution in [2.75, 3.05) is 16.4 Å². The summed E-state index contributed by atoms with van der Waals surface area (Å²) < 4.78 is 30.7. The van der Waals surface area contributed by atoms with Gasteiger partial charge in [-0.15, -0.1) is 0 Å². The number of urea groups is 1. The number of aromatic nitrogens is 1. The van der Waals surface area contributed by atoms with Crippen LogP contribution in [-0.2, 0) is 4.79 Å². The molecule has 1 aromatic carbocycles. The summed E-state index contributed by atoms with van der Waals surface area (Å²) in [6, 6.07) is 2.01. The first-order valence-electron chi connectivity index (χ1n) is 6.13. The van der Waals surface area contributed by atoms with Crippen LogP contribution in [0.15, 0.2) is 18.3 Å². The summed E-state index contributed by atoms with van der Waals surface area (Å²) in [5, 5.41) is 2.34. The van der Waals surface area contributed by atoms with Crippen LogP contribution in [0.1, 0.15) is 6.42 Å². The number of halogens is 3. The number of amides is 3. The zero-order valence-electron chi connectivity index (χ0n) is 11.0. The van der Waals surface area contributed by atoms with Gasteiger partial charge in [-0.2, -0.15) is 0 Å². The first-order chi connectivity index (χ1) is 10.0. The molecule has 8 heteroatoms. The number of fused-ring (bicyclic) bond motifs is 1. The molecule has 1 aliphatic rings. The number of hydrogen-bond donors (Lipinski definition) is 1. The van der Waals surface area contributed by atoms with Crippen LogP contribution in [0, 0.1) is 11.6 Å². The number of benzene rings is 1. The van der Waals surface area contributed by atoms with E-state index >= 15 is 0 Å². The molecule has 3 rings (SSSR count). The topological polar surface area (TPSA) is 54.3 Å². The van der Waals surface area contributed by atoms with Gasteiger partial charge in [0, 0.05) is 0 Å². The molecular formula is C13H11F2IN3O2-. The molecule has 0 saturated carbocycles. The van der Waals surface area contributed by atoms with Crippen LogP contribution in [-0.4, -0.2) is 26.2 Å². The first-order valence-corrected chi connectivity index (χ1v) is 9.25. The van der Waals surface area contributed by atoms with Crippen LogP contribution in [0.4, 0.5) is 19.3 Å². The van der Waals surface area contributed by atoms with E-state index in [4.69, 9.17) is 0 Å². The normalized spacial score (nSPS) is 15.9. The van der Waals surface area contributed by atoms with E-state index in [-0.39, 0.29) is 39.8 Å². The van der Waals surface area contributed by atoms with Gasteiger partial charge in [-0.1, -0.05) is 0 Å². The molecule has 2 heterocycles. The van der Waals surface area contributed by atoms with E-state index in [2.05, 4.69) is 5.32 Å². The van der Waals surface area contributed by atoms with E-state index in [9.17, 15) is 18.4 Å². The van der Waals surface area contributed by atoms with Gasteiger partial charge in [0.05, 0.1) is 0 Å². The van der Waals surface area contributed by atoms with E-state index in [1.165, 1.54) is 6.07 Å². The molecule has 0 atom stereocenters. The predicted octanol–water partition coefficient (Wildman–Crippen LogP) is -1.15. The van der Waals surface area contributed by atoms with Gasteiger partial charge < -0.3 is 0 Å². The third-order valence-electron chi connectivity index (χ3n) is 3.32. The van der Waals surface area contributed by atoms with Gasteiger partial charge in [0.1, 0.15) is 0 Å². The molecule has 0 bridgehead atoms. The van der Waals surface area contributed by atoms with E-state index in [1.54, 1.807) is 12.3 Å². The van der Waals surface area contributed by atoms with Gasteiger partial charge in [0.25, 0.3) is 0 Å². The average molecular weight is 406 g/mol. The Kier molecular flexibility index (Phi) is 3.56. The van der Waals surface area contributed by atoms with Gasteiger partial charge in [-0.25, -0.2) is 0 Å². The molecule has 112 valence electrons. The molecule has 0 unspecified atom stereocenters. The molecular weight excluding hydrogens is 395 g/mol. The quantitative estimate of drug-likeness (QED) is 0.506. The van der Waals surface area contributed by atoms with Crippen molar-refractivity contribution >= 4 is 28.5 Å². The fraction of sp³-hybridized carbons (Fsp3) is 0.231. The van der Waals surface area contributed by atoms with Crippen LogP contribution in [0.2, 0.25) is 0 Å². The molecule has 21 heavy (non-hydrogen) atoms. The van der Waals surface area contributed by atoms with Crippen LogP contribution in [0.25, 0.3) is 10.9 Å². The molecule has 5 nitrogen and oxygen atoms in total. The molecule has 1 saturated heterocycles. The van der Waals surface area contributed by atoms with Crippen LogP contribution in [0.3, 0.4) is 0 Å². The molecule has 0 spiro atoms. The molecule has 2 aromatic rings. The van der Waals surface area contributed by atoms with Gasteiger partial charge in [-0.05, 0) is 0 Å².